The van der Waals surface area contributed by atoms with E-state index in [0.717, 1.165) is 16.0 Å². The number of carbonyl (C=O) groups is 3. The average Bonchev–Trinajstić information content (AvgIpc) is 2.83. The lowest BCUT2D eigenvalue weighted by atomic mass is 9.85. The Morgan fingerprint density at radius 2 is 1.84 bits per heavy atom. The Labute approximate surface area is 188 Å². The predicted molar refractivity (Wildman–Crippen MR) is 120 cm³/mol. The van der Waals surface area contributed by atoms with Gasteiger partial charge < -0.3 is 14.8 Å². The van der Waals surface area contributed by atoms with E-state index in [2.05, 4.69) is 11.9 Å². The first kappa shape index (κ1) is 23.1. The molecule has 32 heavy (non-hydrogen) atoms. The Kier molecular flexibility index (Phi) is 7.65. The van der Waals surface area contributed by atoms with Crippen molar-refractivity contribution in [2.75, 3.05) is 7.11 Å². The number of esters is 1. The molecule has 1 saturated heterocycles. The molecule has 2 aromatic carbocycles. The van der Waals surface area contributed by atoms with Gasteiger partial charge in [0.25, 0.3) is 0 Å². The number of β-lactam (4-membered cyclic amide) rings is 1. The van der Waals surface area contributed by atoms with E-state index in [1.165, 1.54) is 0 Å². The first-order valence-corrected chi connectivity index (χ1v) is 10.6. The van der Waals surface area contributed by atoms with Gasteiger partial charge in [0.2, 0.25) is 5.91 Å². The van der Waals surface area contributed by atoms with Gasteiger partial charge >= 0.3 is 12.0 Å². The van der Waals surface area contributed by atoms with Crippen molar-refractivity contribution in [3.63, 3.8) is 0 Å². The van der Waals surface area contributed by atoms with Crippen LogP contribution in [0.1, 0.15) is 36.9 Å². The number of amides is 3. The quantitative estimate of drug-likeness (QED) is 0.365. The summed E-state index contributed by atoms with van der Waals surface area (Å²) in [4.78, 5) is 39.4. The van der Waals surface area contributed by atoms with Crippen molar-refractivity contribution in [3.05, 3.63) is 78.4 Å². The molecule has 1 heterocycles. The number of urea groups is 1. The average molecular weight is 437 g/mol. The number of allylic oxidation sites excluding steroid dienone is 1. The van der Waals surface area contributed by atoms with Crippen molar-refractivity contribution >= 4 is 17.9 Å². The van der Waals surface area contributed by atoms with Gasteiger partial charge in [0.05, 0.1) is 19.1 Å². The molecular weight excluding hydrogens is 408 g/mol. The van der Waals surface area contributed by atoms with Gasteiger partial charge in [-0.1, -0.05) is 55.5 Å². The van der Waals surface area contributed by atoms with Gasteiger partial charge in [-0.2, -0.15) is 0 Å². The number of methoxy groups -OCH3 is 1. The van der Waals surface area contributed by atoms with Crippen molar-refractivity contribution in [1.29, 1.82) is 0 Å². The SMILES string of the molecule is C=CC[C@H]1C(=O)N(C(=O)N[C@H](CC)c2ccccc2)[C@@H]1C(=O)OCc1ccc(OC)cc1. The minimum Gasteiger partial charge on any atom is -0.497 e. The second kappa shape index (κ2) is 10.6. The number of nitrogens with one attached hydrogen (secondary N) is 1. The normalized spacial score (nSPS) is 18.3. The van der Waals surface area contributed by atoms with E-state index in [9.17, 15) is 14.4 Å². The Morgan fingerprint density at radius 1 is 1.16 bits per heavy atom. The molecule has 2 aromatic rings. The summed E-state index contributed by atoms with van der Waals surface area (Å²) in [7, 11) is 1.57. The van der Waals surface area contributed by atoms with Crippen molar-refractivity contribution in [2.24, 2.45) is 5.92 Å². The lowest BCUT2D eigenvalue weighted by Crippen LogP contribution is -2.68. The molecule has 0 saturated carbocycles. The van der Waals surface area contributed by atoms with Crippen LogP contribution < -0.4 is 10.1 Å². The summed E-state index contributed by atoms with van der Waals surface area (Å²) in [5.74, 6) is -0.979. The van der Waals surface area contributed by atoms with E-state index in [1.54, 1.807) is 37.5 Å². The van der Waals surface area contributed by atoms with E-state index in [0.29, 0.717) is 18.6 Å². The van der Waals surface area contributed by atoms with Gasteiger partial charge in [0.1, 0.15) is 12.4 Å². The van der Waals surface area contributed by atoms with Crippen molar-refractivity contribution in [2.45, 2.75) is 38.5 Å². The molecule has 1 aliphatic rings. The molecule has 3 rings (SSSR count). The third-order valence-corrected chi connectivity index (χ3v) is 5.54. The minimum atomic E-state index is -0.980. The molecule has 1 fully saturated rings. The Balaban J connectivity index is 1.69. The number of hydrogen-bond acceptors (Lipinski definition) is 5. The van der Waals surface area contributed by atoms with Crippen molar-refractivity contribution in [1.82, 2.24) is 10.2 Å². The summed E-state index contributed by atoms with van der Waals surface area (Å²) < 4.78 is 10.6. The smallest absolute Gasteiger partial charge is 0.330 e. The zero-order valence-electron chi connectivity index (χ0n) is 18.3. The van der Waals surface area contributed by atoms with Crippen LogP contribution >= 0.6 is 0 Å². The topological polar surface area (TPSA) is 84.9 Å². The predicted octanol–water partition coefficient (Wildman–Crippen LogP) is 4.00. The van der Waals surface area contributed by atoms with Gasteiger partial charge in [0, 0.05) is 0 Å². The van der Waals surface area contributed by atoms with Gasteiger partial charge in [-0.25, -0.2) is 14.5 Å². The van der Waals surface area contributed by atoms with Crippen LogP contribution in [0.15, 0.2) is 67.3 Å². The molecule has 0 radical (unpaired) electrons. The minimum absolute atomic E-state index is 0.0331. The molecule has 7 heteroatoms. The van der Waals surface area contributed by atoms with Gasteiger partial charge in [-0.15, -0.1) is 6.58 Å². The molecular formula is C25H28N2O5. The van der Waals surface area contributed by atoms with Crippen molar-refractivity contribution in [3.8, 4) is 5.75 Å². The number of ether oxygens (including phenoxy) is 2. The number of nitrogens with zero attached hydrogens (tertiary/aromatic N) is 1. The maximum atomic E-state index is 12.9. The fourth-order valence-electron chi connectivity index (χ4n) is 3.74. The zero-order chi connectivity index (χ0) is 23.1. The summed E-state index contributed by atoms with van der Waals surface area (Å²) >= 11 is 0. The summed E-state index contributed by atoms with van der Waals surface area (Å²) in [6.07, 6.45) is 2.50. The first-order valence-electron chi connectivity index (χ1n) is 10.6. The highest BCUT2D eigenvalue weighted by Gasteiger charge is 2.55. The highest BCUT2D eigenvalue weighted by Crippen LogP contribution is 2.32. The van der Waals surface area contributed by atoms with E-state index in [4.69, 9.17) is 9.47 Å². The summed E-state index contributed by atoms with van der Waals surface area (Å²) in [6.45, 7) is 5.63. The van der Waals surface area contributed by atoms with Crippen LogP contribution in [0.5, 0.6) is 5.75 Å². The standard InChI is InChI=1S/C25H28N2O5/c1-4-9-20-22(24(29)32-16-17-12-14-19(31-3)15-13-17)27(23(20)28)25(30)26-21(5-2)18-10-7-6-8-11-18/h4,6-8,10-15,20-22H,1,5,9,16H2,2-3H3,(H,26,30)/t20-,21-,22+/m1/s1. The second-order valence-electron chi connectivity index (χ2n) is 7.56. The molecule has 3 atom stereocenters. The second-order valence-corrected chi connectivity index (χ2v) is 7.56. The largest absolute Gasteiger partial charge is 0.497 e. The van der Waals surface area contributed by atoms with Crippen LogP contribution in [0, 0.1) is 5.92 Å². The van der Waals surface area contributed by atoms with Crippen LogP contribution in [0.2, 0.25) is 0 Å². The third kappa shape index (κ3) is 4.99. The first-order chi connectivity index (χ1) is 15.5. The van der Waals surface area contributed by atoms with Crippen molar-refractivity contribution < 1.29 is 23.9 Å². The molecule has 168 valence electrons. The molecule has 0 unspecified atom stereocenters. The molecule has 1 N–H and O–H groups in total. The fourth-order valence-corrected chi connectivity index (χ4v) is 3.74. The van der Waals surface area contributed by atoms with Crippen LogP contribution in [-0.4, -0.2) is 36.0 Å². The third-order valence-electron chi connectivity index (χ3n) is 5.54. The van der Waals surface area contributed by atoms with E-state index in [-0.39, 0.29) is 12.6 Å². The van der Waals surface area contributed by atoms with Crippen LogP contribution in [-0.2, 0) is 20.9 Å². The summed E-state index contributed by atoms with van der Waals surface area (Å²) in [6, 6.07) is 14.7. The highest BCUT2D eigenvalue weighted by molar-refractivity contribution is 6.08. The van der Waals surface area contributed by atoms with Crippen LogP contribution in [0.3, 0.4) is 0 Å². The molecule has 0 aromatic heterocycles. The lowest BCUT2D eigenvalue weighted by Gasteiger charge is -2.43. The monoisotopic (exact) mass is 436 g/mol. The Bertz CT molecular complexity index is 958. The van der Waals surface area contributed by atoms with E-state index in [1.807, 2.05) is 37.3 Å². The zero-order valence-corrected chi connectivity index (χ0v) is 18.3. The summed E-state index contributed by atoms with van der Waals surface area (Å²) in [5, 5.41) is 2.87. The maximum absolute atomic E-state index is 12.9. The molecule has 3 amide bonds. The highest BCUT2D eigenvalue weighted by atomic mass is 16.5. The molecule has 0 aliphatic carbocycles. The van der Waals surface area contributed by atoms with Gasteiger partial charge in [-0.05, 0) is 36.1 Å². The van der Waals surface area contributed by atoms with E-state index >= 15 is 0 Å². The number of imide groups is 1. The number of carbonyl (C=O) groups excluding carboxylic acids is 3. The molecule has 0 bridgehead atoms. The number of benzene rings is 2. The molecule has 0 spiro atoms. The number of likely N-dealkylation sites (tertiary alicyclic amines) is 1. The summed E-state index contributed by atoms with van der Waals surface area (Å²) in [5.41, 5.74) is 1.70. The van der Waals surface area contributed by atoms with Gasteiger partial charge in [0.15, 0.2) is 6.04 Å². The Morgan fingerprint density at radius 3 is 2.44 bits per heavy atom. The van der Waals surface area contributed by atoms with Crippen LogP contribution in [0.4, 0.5) is 4.79 Å². The fraction of sp³-hybridized carbons (Fsp3) is 0.320. The number of hydrogen-bond donors (Lipinski definition) is 1. The molecule has 7 nitrogen and oxygen atoms in total. The lowest BCUT2D eigenvalue weighted by molar-refractivity contribution is -0.170. The Hall–Kier alpha value is -3.61. The van der Waals surface area contributed by atoms with E-state index < -0.39 is 29.9 Å². The van der Waals surface area contributed by atoms with Crippen LogP contribution in [0.25, 0.3) is 0 Å². The number of rotatable bonds is 9. The molecule has 1 aliphatic heterocycles. The van der Waals surface area contributed by atoms with Gasteiger partial charge in [-0.3, -0.25) is 4.79 Å². The maximum Gasteiger partial charge on any atom is 0.330 e.